The zero-order valence-corrected chi connectivity index (χ0v) is 17.6. The number of hydrogen-bond acceptors (Lipinski definition) is 4. The van der Waals surface area contributed by atoms with Gasteiger partial charge in [0.2, 0.25) is 5.91 Å². The lowest BCUT2D eigenvalue weighted by Gasteiger charge is -2.55. The quantitative estimate of drug-likeness (QED) is 0.714. The van der Waals surface area contributed by atoms with Crippen LogP contribution in [-0.4, -0.2) is 35.0 Å². The Labute approximate surface area is 179 Å². The Morgan fingerprint density at radius 3 is 2.40 bits per heavy atom. The molecular weight excluding hydrogens is 403 g/mol. The van der Waals surface area contributed by atoms with Crippen molar-refractivity contribution in [3.05, 3.63) is 40.6 Å². The van der Waals surface area contributed by atoms with Crippen molar-refractivity contribution in [2.75, 3.05) is 13.1 Å². The molecule has 0 unspecified atom stereocenters. The summed E-state index contributed by atoms with van der Waals surface area (Å²) in [5.41, 5.74) is 0.0384. The first kappa shape index (κ1) is 19.8. The molecule has 5 fully saturated rings. The van der Waals surface area contributed by atoms with Crippen LogP contribution >= 0.6 is 11.8 Å². The zero-order valence-electron chi connectivity index (χ0n) is 16.7. The Hall–Kier alpha value is -2.15. The second-order valence-corrected chi connectivity index (χ2v) is 10.3. The molecule has 4 aliphatic carbocycles. The van der Waals surface area contributed by atoms with Gasteiger partial charge in [0, 0.05) is 24.1 Å². The van der Waals surface area contributed by atoms with Gasteiger partial charge in [-0.3, -0.25) is 19.3 Å². The van der Waals surface area contributed by atoms with E-state index < -0.39 is 11.7 Å². The third-order valence-electron chi connectivity index (χ3n) is 7.21. The molecule has 0 atom stereocenters. The lowest BCUT2D eigenvalue weighted by Crippen LogP contribution is -2.54. The van der Waals surface area contributed by atoms with Gasteiger partial charge < -0.3 is 5.32 Å². The van der Waals surface area contributed by atoms with Crippen molar-refractivity contribution >= 4 is 34.9 Å². The molecule has 7 heteroatoms. The van der Waals surface area contributed by atoms with Crippen molar-refractivity contribution in [3.63, 3.8) is 0 Å². The number of thioether (sulfide) groups is 1. The number of nitrogens with zero attached hydrogens (tertiary/aromatic N) is 1. The van der Waals surface area contributed by atoms with Gasteiger partial charge in [0.25, 0.3) is 11.1 Å². The largest absolute Gasteiger partial charge is 0.354 e. The van der Waals surface area contributed by atoms with E-state index in [4.69, 9.17) is 0 Å². The average Bonchev–Trinajstić information content (AvgIpc) is 2.96. The molecule has 0 radical (unpaired) electrons. The highest BCUT2D eigenvalue weighted by Crippen LogP contribution is 2.60. The summed E-state index contributed by atoms with van der Waals surface area (Å²) in [6.45, 7) is 0.392. The van der Waals surface area contributed by atoms with Gasteiger partial charge in [-0.25, -0.2) is 4.39 Å². The maximum atomic E-state index is 13.9. The van der Waals surface area contributed by atoms with Crippen molar-refractivity contribution in [2.24, 2.45) is 23.2 Å². The van der Waals surface area contributed by atoms with Crippen LogP contribution in [0, 0.1) is 29.0 Å². The van der Waals surface area contributed by atoms with Gasteiger partial charge in [-0.05, 0) is 80.2 Å². The Morgan fingerprint density at radius 2 is 1.77 bits per heavy atom. The van der Waals surface area contributed by atoms with Crippen molar-refractivity contribution in [2.45, 2.75) is 38.5 Å². The van der Waals surface area contributed by atoms with Crippen LogP contribution in [-0.2, 0) is 9.59 Å². The Kier molecular flexibility index (Phi) is 4.96. The number of carbonyl (C=O) groups excluding carboxylic acids is 3. The van der Waals surface area contributed by atoms with Gasteiger partial charge in [0.15, 0.2) is 0 Å². The van der Waals surface area contributed by atoms with Crippen LogP contribution in [0.15, 0.2) is 29.2 Å². The molecule has 0 spiro atoms. The summed E-state index contributed by atoms with van der Waals surface area (Å²) in [4.78, 5) is 39.3. The first-order valence-corrected chi connectivity index (χ1v) is 11.5. The van der Waals surface area contributed by atoms with E-state index in [1.807, 2.05) is 0 Å². The smallest absolute Gasteiger partial charge is 0.293 e. The third-order valence-corrected chi connectivity index (χ3v) is 8.11. The number of imide groups is 1. The number of halogens is 1. The number of carbonyl (C=O) groups is 3. The van der Waals surface area contributed by atoms with Crippen LogP contribution in [0.2, 0.25) is 0 Å². The SMILES string of the molecule is O=C1SC(=Cc2ccccc2F)C(=O)N1CCNC(=O)C12CC3CC(CC(C3)C1)C2. The van der Waals surface area contributed by atoms with E-state index in [1.165, 1.54) is 31.4 Å². The van der Waals surface area contributed by atoms with E-state index in [2.05, 4.69) is 5.32 Å². The molecule has 158 valence electrons. The van der Waals surface area contributed by atoms with E-state index >= 15 is 0 Å². The summed E-state index contributed by atoms with van der Waals surface area (Å²) < 4.78 is 13.9. The van der Waals surface area contributed by atoms with Gasteiger partial charge in [0.05, 0.1) is 4.91 Å². The second kappa shape index (κ2) is 7.52. The van der Waals surface area contributed by atoms with Crippen LogP contribution in [0.3, 0.4) is 0 Å². The number of rotatable bonds is 5. The fourth-order valence-electron chi connectivity index (χ4n) is 6.28. The lowest BCUT2D eigenvalue weighted by molar-refractivity contribution is -0.146. The normalized spacial score (nSPS) is 33.6. The summed E-state index contributed by atoms with van der Waals surface area (Å²) in [6, 6.07) is 6.13. The Bertz CT molecular complexity index is 909. The topological polar surface area (TPSA) is 66.5 Å². The molecule has 1 aromatic rings. The minimum atomic E-state index is -0.438. The minimum Gasteiger partial charge on any atom is -0.354 e. The molecule has 5 nitrogen and oxygen atoms in total. The van der Waals surface area contributed by atoms with Crippen molar-refractivity contribution < 1.29 is 18.8 Å². The molecule has 1 N–H and O–H groups in total. The second-order valence-electron chi connectivity index (χ2n) is 9.31. The maximum Gasteiger partial charge on any atom is 0.293 e. The maximum absolute atomic E-state index is 13.9. The third kappa shape index (κ3) is 3.47. The van der Waals surface area contributed by atoms with E-state index in [0.717, 1.165) is 35.9 Å². The predicted molar refractivity (Wildman–Crippen MR) is 113 cm³/mol. The monoisotopic (exact) mass is 428 g/mol. The molecule has 1 heterocycles. The number of amides is 3. The lowest BCUT2D eigenvalue weighted by atomic mass is 9.49. The average molecular weight is 429 g/mol. The molecular formula is C23H25FN2O3S. The van der Waals surface area contributed by atoms with Crippen molar-refractivity contribution in [3.8, 4) is 0 Å². The van der Waals surface area contributed by atoms with Gasteiger partial charge in [-0.1, -0.05) is 18.2 Å². The molecule has 6 rings (SSSR count). The molecule has 4 bridgehead atoms. The van der Waals surface area contributed by atoms with Gasteiger partial charge in [-0.15, -0.1) is 0 Å². The molecule has 3 amide bonds. The summed E-state index contributed by atoms with van der Waals surface area (Å²) in [7, 11) is 0. The molecule has 4 saturated carbocycles. The van der Waals surface area contributed by atoms with Crippen LogP contribution < -0.4 is 5.32 Å². The summed E-state index contributed by atoms with van der Waals surface area (Å²) in [6.07, 6.45) is 8.19. The van der Waals surface area contributed by atoms with Crippen LogP contribution in [0.4, 0.5) is 9.18 Å². The highest BCUT2D eigenvalue weighted by molar-refractivity contribution is 8.18. The molecule has 1 saturated heterocycles. The van der Waals surface area contributed by atoms with Gasteiger partial charge in [-0.2, -0.15) is 0 Å². The minimum absolute atomic E-state index is 0.0930. The van der Waals surface area contributed by atoms with E-state index in [1.54, 1.807) is 18.2 Å². The van der Waals surface area contributed by atoms with E-state index in [0.29, 0.717) is 17.8 Å². The van der Waals surface area contributed by atoms with E-state index in [-0.39, 0.29) is 40.1 Å². The standard InChI is InChI=1S/C23H25FN2O3S/c24-18-4-2-1-3-17(18)10-19-20(27)26(22(29)30-19)6-5-25-21(28)23-11-14-7-15(12-23)9-16(8-14)13-23/h1-4,10,14-16H,5-9,11-13H2,(H,25,28). The highest BCUT2D eigenvalue weighted by atomic mass is 32.2. The number of nitrogens with one attached hydrogen (secondary N) is 1. The molecule has 30 heavy (non-hydrogen) atoms. The van der Waals surface area contributed by atoms with Crippen molar-refractivity contribution in [1.82, 2.24) is 10.2 Å². The predicted octanol–water partition coefficient (Wildman–Crippen LogP) is 4.19. The first-order chi connectivity index (χ1) is 14.4. The number of benzene rings is 1. The van der Waals surface area contributed by atoms with Crippen LogP contribution in [0.25, 0.3) is 6.08 Å². The summed E-state index contributed by atoms with van der Waals surface area (Å²) >= 11 is 0.811. The molecule has 5 aliphatic rings. The van der Waals surface area contributed by atoms with Crippen LogP contribution in [0.5, 0.6) is 0 Å². The Morgan fingerprint density at radius 1 is 1.13 bits per heavy atom. The zero-order chi connectivity index (χ0) is 20.9. The first-order valence-electron chi connectivity index (χ1n) is 10.7. The van der Waals surface area contributed by atoms with Gasteiger partial charge >= 0.3 is 0 Å². The van der Waals surface area contributed by atoms with E-state index in [9.17, 15) is 18.8 Å². The molecule has 0 aromatic heterocycles. The van der Waals surface area contributed by atoms with Crippen LogP contribution in [0.1, 0.15) is 44.1 Å². The summed E-state index contributed by atoms with van der Waals surface area (Å²) in [5, 5.41) is 2.62. The Balaban J connectivity index is 1.20. The van der Waals surface area contributed by atoms with Crippen molar-refractivity contribution in [1.29, 1.82) is 0 Å². The number of hydrogen-bond donors (Lipinski definition) is 1. The summed E-state index contributed by atoms with van der Waals surface area (Å²) in [5.74, 6) is 1.28. The molecule has 1 aliphatic heterocycles. The highest BCUT2D eigenvalue weighted by Gasteiger charge is 2.54. The van der Waals surface area contributed by atoms with Gasteiger partial charge in [0.1, 0.15) is 5.82 Å². The fourth-order valence-corrected chi connectivity index (χ4v) is 7.14. The molecule has 1 aromatic carbocycles. The fraction of sp³-hybridized carbons (Fsp3) is 0.522.